The van der Waals surface area contributed by atoms with Crippen molar-refractivity contribution in [2.75, 3.05) is 0 Å². The van der Waals surface area contributed by atoms with Crippen molar-refractivity contribution in [2.45, 2.75) is 13.1 Å². The predicted molar refractivity (Wildman–Crippen MR) is 89.5 cm³/mol. The number of ether oxygens (including phenoxy) is 1. The van der Waals surface area contributed by atoms with E-state index in [4.69, 9.17) is 16.3 Å². The molecule has 2 aromatic carbocycles. The Labute approximate surface area is 150 Å². The summed E-state index contributed by atoms with van der Waals surface area (Å²) >= 11 is 5.92. The summed E-state index contributed by atoms with van der Waals surface area (Å²) in [6.07, 6.45) is -4.50. The Morgan fingerprint density at radius 2 is 1.73 bits per heavy atom. The summed E-state index contributed by atoms with van der Waals surface area (Å²) in [7, 11) is 0. The quantitative estimate of drug-likeness (QED) is 0.513. The van der Waals surface area contributed by atoms with Crippen LogP contribution in [0.3, 0.4) is 0 Å². The van der Waals surface area contributed by atoms with E-state index < -0.39 is 23.5 Å². The minimum Gasteiger partial charge on any atom is -0.424 e. The summed E-state index contributed by atoms with van der Waals surface area (Å²) in [5.74, 6) is -1.24. The van der Waals surface area contributed by atoms with E-state index in [9.17, 15) is 22.8 Å². The molecule has 0 unspecified atom stereocenters. The van der Waals surface area contributed by atoms with E-state index in [1.54, 1.807) is 18.2 Å². The Balaban J connectivity index is 2.08. The Morgan fingerprint density at radius 1 is 1.08 bits per heavy atom. The van der Waals surface area contributed by atoms with Gasteiger partial charge in [0.2, 0.25) is 5.78 Å². The molecule has 0 radical (unpaired) electrons. The maximum Gasteiger partial charge on any atom is 0.416 e. The molecular weight excluding hydrogens is 371 g/mol. The minimum atomic E-state index is -4.50. The molecule has 0 aliphatic heterocycles. The zero-order valence-corrected chi connectivity index (χ0v) is 14.0. The number of carbonyl (C=O) groups is 2. The second kappa shape index (κ2) is 6.49. The summed E-state index contributed by atoms with van der Waals surface area (Å²) < 4.78 is 43.1. The zero-order valence-electron chi connectivity index (χ0n) is 13.3. The van der Waals surface area contributed by atoms with Gasteiger partial charge in [-0.2, -0.15) is 13.2 Å². The first-order chi connectivity index (χ1) is 12.2. The van der Waals surface area contributed by atoms with Crippen LogP contribution in [0.25, 0.3) is 10.9 Å². The Kier molecular flexibility index (Phi) is 4.50. The van der Waals surface area contributed by atoms with Crippen LogP contribution in [-0.4, -0.2) is 16.7 Å². The van der Waals surface area contributed by atoms with E-state index in [0.717, 1.165) is 24.3 Å². The van der Waals surface area contributed by atoms with Gasteiger partial charge in [-0.1, -0.05) is 23.7 Å². The average Bonchev–Trinajstić information content (AvgIpc) is 2.90. The zero-order chi connectivity index (χ0) is 19.1. The molecule has 3 rings (SSSR count). The van der Waals surface area contributed by atoms with E-state index in [1.807, 2.05) is 0 Å². The van der Waals surface area contributed by atoms with Crippen molar-refractivity contribution in [3.05, 3.63) is 64.3 Å². The molecule has 0 bridgehead atoms. The standard InChI is InChI=1S/C18H11ClF3NO3/c1-9(24)26-17-13-7-6-12(19)8-14(13)23-15(17)16(25)10-2-4-11(5-3-10)18(20,21)22/h2-8,23H,1H3. The highest BCUT2D eigenvalue weighted by Crippen LogP contribution is 2.34. The summed E-state index contributed by atoms with van der Waals surface area (Å²) in [6.45, 7) is 1.18. The van der Waals surface area contributed by atoms with Gasteiger partial charge in [0, 0.05) is 22.9 Å². The van der Waals surface area contributed by atoms with Crippen molar-refractivity contribution in [1.82, 2.24) is 4.98 Å². The number of fused-ring (bicyclic) bond motifs is 1. The first-order valence-electron chi connectivity index (χ1n) is 7.38. The Morgan fingerprint density at radius 3 is 2.31 bits per heavy atom. The third kappa shape index (κ3) is 3.43. The fraction of sp³-hybridized carbons (Fsp3) is 0.111. The lowest BCUT2D eigenvalue weighted by Crippen LogP contribution is -2.09. The molecule has 3 aromatic rings. The lowest BCUT2D eigenvalue weighted by Gasteiger charge is -2.07. The van der Waals surface area contributed by atoms with E-state index >= 15 is 0 Å². The van der Waals surface area contributed by atoms with Gasteiger partial charge in [-0.05, 0) is 30.3 Å². The number of nitrogens with one attached hydrogen (secondary N) is 1. The van der Waals surface area contributed by atoms with Crippen molar-refractivity contribution in [1.29, 1.82) is 0 Å². The highest BCUT2D eigenvalue weighted by atomic mass is 35.5. The lowest BCUT2D eigenvalue weighted by molar-refractivity contribution is -0.137. The van der Waals surface area contributed by atoms with Crippen molar-refractivity contribution in [3.8, 4) is 5.75 Å². The molecule has 0 fully saturated rings. The molecule has 1 N–H and O–H groups in total. The molecule has 4 nitrogen and oxygen atoms in total. The molecule has 0 amide bonds. The number of ketones is 1. The van der Waals surface area contributed by atoms with E-state index in [-0.39, 0.29) is 17.0 Å². The van der Waals surface area contributed by atoms with Gasteiger partial charge in [0.15, 0.2) is 5.75 Å². The molecule has 0 aliphatic rings. The summed E-state index contributed by atoms with van der Waals surface area (Å²) in [5.41, 5.74) is -0.428. The summed E-state index contributed by atoms with van der Waals surface area (Å²) in [4.78, 5) is 26.9. The maximum absolute atomic E-state index is 12.7. The number of hydrogen-bond donors (Lipinski definition) is 1. The van der Waals surface area contributed by atoms with Crippen LogP contribution in [0.5, 0.6) is 5.75 Å². The molecule has 0 aliphatic carbocycles. The number of esters is 1. The van der Waals surface area contributed by atoms with Gasteiger partial charge in [-0.15, -0.1) is 0 Å². The number of rotatable bonds is 3. The third-order valence-corrected chi connectivity index (χ3v) is 3.90. The van der Waals surface area contributed by atoms with Gasteiger partial charge >= 0.3 is 12.1 Å². The van der Waals surface area contributed by atoms with Gasteiger partial charge in [-0.25, -0.2) is 0 Å². The summed E-state index contributed by atoms with van der Waals surface area (Å²) in [6, 6.07) is 8.47. The normalized spacial score (nSPS) is 11.6. The number of aromatic amines is 1. The van der Waals surface area contributed by atoms with Crippen molar-refractivity contribution in [2.24, 2.45) is 0 Å². The molecule has 1 aromatic heterocycles. The predicted octanol–water partition coefficient (Wildman–Crippen LogP) is 5.00. The number of carbonyl (C=O) groups excluding carboxylic acids is 2. The topological polar surface area (TPSA) is 59.2 Å². The van der Waals surface area contributed by atoms with Crippen molar-refractivity contribution < 1.29 is 27.5 Å². The number of halogens is 4. The number of alkyl halides is 3. The second-order valence-corrected chi connectivity index (χ2v) is 5.95. The van der Waals surface area contributed by atoms with Gasteiger partial charge in [0.05, 0.1) is 11.1 Å². The Bertz CT molecular complexity index is 1010. The van der Waals surface area contributed by atoms with Crippen LogP contribution in [0.4, 0.5) is 13.2 Å². The summed E-state index contributed by atoms with van der Waals surface area (Å²) in [5, 5.41) is 0.863. The highest BCUT2D eigenvalue weighted by molar-refractivity contribution is 6.31. The van der Waals surface area contributed by atoms with Gasteiger partial charge in [-0.3, -0.25) is 9.59 Å². The molecule has 0 saturated heterocycles. The number of aromatic nitrogens is 1. The van der Waals surface area contributed by atoms with Crippen molar-refractivity contribution >= 4 is 34.3 Å². The maximum atomic E-state index is 12.7. The molecule has 26 heavy (non-hydrogen) atoms. The van der Waals surface area contributed by atoms with Crippen LogP contribution in [-0.2, 0) is 11.0 Å². The van der Waals surface area contributed by atoms with Crippen LogP contribution in [0.2, 0.25) is 5.02 Å². The second-order valence-electron chi connectivity index (χ2n) is 5.52. The smallest absolute Gasteiger partial charge is 0.416 e. The first-order valence-corrected chi connectivity index (χ1v) is 7.76. The SMILES string of the molecule is CC(=O)Oc1c(C(=O)c2ccc(C(F)(F)F)cc2)[nH]c2cc(Cl)ccc12. The van der Waals surface area contributed by atoms with Gasteiger partial charge < -0.3 is 9.72 Å². The molecule has 0 spiro atoms. The van der Waals surface area contributed by atoms with E-state index in [2.05, 4.69) is 4.98 Å². The Hall–Kier alpha value is -2.80. The molecule has 8 heteroatoms. The van der Waals surface area contributed by atoms with Crippen LogP contribution in [0.15, 0.2) is 42.5 Å². The fourth-order valence-electron chi connectivity index (χ4n) is 2.51. The molecule has 0 atom stereocenters. The van der Waals surface area contributed by atoms with E-state index in [0.29, 0.717) is 15.9 Å². The highest BCUT2D eigenvalue weighted by Gasteiger charge is 2.30. The molecule has 1 heterocycles. The molecule has 0 saturated carbocycles. The van der Waals surface area contributed by atoms with Gasteiger partial charge in [0.25, 0.3) is 0 Å². The largest absolute Gasteiger partial charge is 0.424 e. The van der Waals surface area contributed by atoms with Crippen molar-refractivity contribution in [3.63, 3.8) is 0 Å². The molecular formula is C18H11ClF3NO3. The number of benzene rings is 2. The monoisotopic (exact) mass is 381 g/mol. The van der Waals surface area contributed by atoms with Crippen LogP contribution in [0.1, 0.15) is 28.5 Å². The minimum absolute atomic E-state index is 0.00839. The third-order valence-electron chi connectivity index (χ3n) is 3.66. The van der Waals surface area contributed by atoms with Gasteiger partial charge in [0.1, 0.15) is 5.69 Å². The van der Waals surface area contributed by atoms with E-state index in [1.165, 1.54) is 6.92 Å². The average molecular weight is 382 g/mol. The number of hydrogen-bond acceptors (Lipinski definition) is 3. The molecule has 134 valence electrons. The fourth-order valence-corrected chi connectivity index (χ4v) is 2.68. The van der Waals surface area contributed by atoms with Crippen LogP contribution >= 0.6 is 11.6 Å². The lowest BCUT2D eigenvalue weighted by atomic mass is 10.1. The number of H-pyrrole nitrogens is 1. The first kappa shape index (κ1) is 18.0. The van der Waals surface area contributed by atoms with Crippen LogP contribution < -0.4 is 4.74 Å². The van der Waals surface area contributed by atoms with Crippen LogP contribution in [0, 0.1) is 0 Å².